The molecule has 9 N–H and O–H groups in total. The van der Waals surface area contributed by atoms with E-state index in [0.29, 0.717) is 0 Å². The van der Waals surface area contributed by atoms with Crippen LogP contribution in [0.1, 0.15) is 0 Å². The number of carbonyl (C=O) groups excluding carboxylic acids is 3. The molecule has 0 unspecified atom stereocenters. The Morgan fingerprint density at radius 2 is 0.889 bits per heavy atom. The minimum atomic E-state index is -0.653. The predicted octanol–water partition coefficient (Wildman–Crippen LogP) is -3.47. The smallest absolute Gasteiger partial charge is 0.288 e. The van der Waals surface area contributed by atoms with E-state index in [0.717, 1.165) is 14.7 Å². The number of carbonyl (C=O) groups is 3. The van der Waals surface area contributed by atoms with E-state index in [1.165, 1.54) is 0 Å². The summed E-state index contributed by atoms with van der Waals surface area (Å²) in [5, 5.41) is 0. The molecule has 1 aliphatic heterocycles. The SMILES string of the molecule is NNC(=O)N1CN(C(=O)NN)CN(C(=O)NN)C1. The van der Waals surface area contributed by atoms with Gasteiger partial charge in [-0.05, 0) is 0 Å². The lowest BCUT2D eigenvalue weighted by molar-refractivity contribution is 0.0345. The summed E-state index contributed by atoms with van der Waals surface area (Å²) >= 11 is 0. The zero-order valence-electron chi connectivity index (χ0n) is 9.42. The van der Waals surface area contributed by atoms with E-state index >= 15 is 0 Å². The first-order valence-electron chi connectivity index (χ1n) is 4.80. The molecule has 6 amide bonds. The van der Waals surface area contributed by atoms with Crippen LogP contribution in [-0.4, -0.2) is 52.8 Å². The van der Waals surface area contributed by atoms with Gasteiger partial charge in [0.15, 0.2) is 0 Å². The average molecular weight is 261 g/mol. The van der Waals surface area contributed by atoms with Crippen LogP contribution in [0.2, 0.25) is 0 Å². The Hall–Kier alpha value is -2.31. The molecule has 1 aliphatic rings. The lowest BCUT2D eigenvalue weighted by atomic mass is 10.5. The molecular formula is C6H15N9O3. The van der Waals surface area contributed by atoms with Crippen LogP contribution in [0.15, 0.2) is 0 Å². The third kappa shape index (κ3) is 2.88. The van der Waals surface area contributed by atoms with Gasteiger partial charge in [-0.2, -0.15) is 0 Å². The third-order valence-electron chi connectivity index (χ3n) is 2.26. The van der Waals surface area contributed by atoms with E-state index in [9.17, 15) is 14.4 Å². The van der Waals surface area contributed by atoms with E-state index in [4.69, 9.17) is 17.5 Å². The van der Waals surface area contributed by atoms with Crippen molar-refractivity contribution in [3.05, 3.63) is 0 Å². The molecule has 0 aromatic rings. The Morgan fingerprint density at radius 3 is 1.06 bits per heavy atom. The third-order valence-corrected chi connectivity index (χ3v) is 2.26. The number of urea groups is 3. The van der Waals surface area contributed by atoms with Crippen molar-refractivity contribution in [3.63, 3.8) is 0 Å². The minimum Gasteiger partial charge on any atom is -0.288 e. The molecule has 0 atom stereocenters. The van der Waals surface area contributed by atoms with Crippen molar-refractivity contribution in [3.8, 4) is 0 Å². The monoisotopic (exact) mass is 261 g/mol. The molecule has 0 radical (unpaired) electrons. The van der Waals surface area contributed by atoms with Crippen LogP contribution in [0.3, 0.4) is 0 Å². The molecule has 0 aromatic carbocycles. The number of nitrogens with one attached hydrogen (secondary N) is 3. The zero-order chi connectivity index (χ0) is 13.7. The summed E-state index contributed by atoms with van der Waals surface area (Å²) < 4.78 is 0. The quantitative estimate of drug-likeness (QED) is 0.150. The van der Waals surface area contributed by atoms with Gasteiger partial charge in [0.1, 0.15) is 20.0 Å². The standard InChI is InChI=1S/C6H15N9O3/c7-10-4(16)13-1-14(5(17)11-8)3-15(2-13)6(18)12-9/h1-3,7-9H2,(H,10,16)(H,11,17)(H,12,18). The van der Waals surface area contributed by atoms with Gasteiger partial charge in [0.05, 0.1) is 0 Å². The summed E-state index contributed by atoms with van der Waals surface area (Å²) in [5.74, 6) is 14.9. The average Bonchev–Trinajstić information content (AvgIpc) is 2.43. The molecule has 0 saturated carbocycles. The van der Waals surface area contributed by atoms with E-state index in [-0.39, 0.29) is 20.0 Å². The summed E-state index contributed by atoms with van der Waals surface area (Å²) in [6.07, 6.45) is 0. The maximum Gasteiger partial charge on any atom is 0.334 e. The number of hydrogen-bond acceptors (Lipinski definition) is 6. The van der Waals surface area contributed by atoms with E-state index < -0.39 is 18.1 Å². The lowest BCUT2D eigenvalue weighted by Crippen LogP contribution is -2.64. The molecule has 12 nitrogen and oxygen atoms in total. The van der Waals surface area contributed by atoms with Crippen LogP contribution in [0.4, 0.5) is 14.4 Å². The molecular weight excluding hydrogens is 246 g/mol. The molecule has 1 saturated heterocycles. The highest BCUT2D eigenvalue weighted by molar-refractivity contribution is 5.79. The van der Waals surface area contributed by atoms with Crippen molar-refractivity contribution in [2.75, 3.05) is 20.0 Å². The molecule has 18 heavy (non-hydrogen) atoms. The Balaban J connectivity index is 2.81. The second-order valence-corrected chi connectivity index (χ2v) is 3.39. The maximum atomic E-state index is 11.4. The van der Waals surface area contributed by atoms with Gasteiger partial charge in [0, 0.05) is 0 Å². The molecule has 102 valence electrons. The first-order valence-corrected chi connectivity index (χ1v) is 4.80. The van der Waals surface area contributed by atoms with E-state index in [2.05, 4.69) is 0 Å². The van der Waals surface area contributed by atoms with Crippen LogP contribution in [-0.2, 0) is 0 Å². The zero-order valence-corrected chi connectivity index (χ0v) is 9.42. The molecule has 1 rings (SSSR count). The summed E-state index contributed by atoms with van der Waals surface area (Å²) in [7, 11) is 0. The van der Waals surface area contributed by atoms with Crippen molar-refractivity contribution >= 4 is 18.1 Å². The Kier molecular flexibility index (Phi) is 4.47. The van der Waals surface area contributed by atoms with Crippen molar-refractivity contribution in [2.24, 2.45) is 17.5 Å². The fourth-order valence-electron chi connectivity index (χ4n) is 1.41. The van der Waals surface area contributed by atoms with Crippen LogP contribution in [0.5, 0.6) is 0 Å². The highest BCUT2D eigenvalue weighted by Gasteiger charge is 2.31. The number of nitrogens with zero attached hydrogens (tertiary/aromatic N) is 3. The van der Waals surface area contributed by atoms with Crippen molar-refractivity contribution in [1.29, 1.82) is 0 Å². The number of hydrazine groups is 3. The van der Waals surface area contributed by atoms with E-state index in [1.807, 2.05) is 16.3 Å². The van der Waals surface area contributed by atoms with Crippen LogP contribution < -0.4 is 33.8 Å². The maximum absolute atomic E-state index is 11.4. The van der Waals surface area contributed by atoms with Crippen LogP contribution >= 0.6 is 0 Å². The largest absolute Gasteiger partial charge is 0.334 e. The number of hydrogen-bond donors (Lipinski definition) is 6. The van der Waals surface area contributed by atoms with Gasteiger partial charge in [-0.15, -0.1) is 0 Å². The fraction of sp³-hybridized carbons (Fsp3) is 0.500. The summed E-state index contributed by atoms with van der Waals surface area (Å²) in [6, 6.07) is -1.96. The van der Waals surface area contributed by atoms with Gasteiger partial charge in [0.25, 0.3) is 0 Å². The first kappa shape index (κ1) is 13.8. The predicted molar refractivity (Wildman–Crippen MR) is 58.3 cm³/mol. The summed E-state index contributed by atoms with van der Waals surface area (Å²) in [4.78, 5) is 37.5. The van der Waals surface area contributed by atoms with Gasteiger partial charge in [-0.25, -0.2) is 31.9 Å². The lowest BCUT2D eigenvalue weighted by Gasteiger charge is -2.40. The van der Waals surface area contributed by atoms with Crippen molar-refractivity contribution in [1.82, 2.24) is 31.0 Å². The minimum absolute atomic E-state index is 0.0690. The van der Waals surface area contributed by atoms with Gasteiger partial charge in [-0.3, -0.25) is 31.0 Å². The first-order chi connectivity index (χ1) is 8.53. The Morgan fingerprint density at radius 1 is 0.667 bits per heavy atom. The van der Waals surface area contributed by atoms with E-state index in [1.54, 1.807) is 0 Å². The molecule has 12 heteroatoms. The summed E-state index contributed by atoms with van der Waals surface area (Å²) in [6.45, 7) is -0.207. The van der Waals surface area contributed by atoms with Crippen molar-refractivity contribution < 1.29 is 14.4 Å². The fourth-order valence-corrected chi connectivity index (χ4v) is 1.41. The highest BCUT2D eigenvalue weighted by atomic mass is 16.2. The van der Waals surface area contributed by atoms with Gasteiger partial charge in [0.2, 0.25) is 0 Å². The van der Waals surface area contributed by atoms with Crippen LogP contribution in [0.25, 0.3) is 0 Å². The molecule has 1 heterocycles. The Labute approximate surface area is 102 Å². The Bertz CT molecular complexity index is 289. The number of amides is 6. The van der Waals surface area contributed by atoms with Gasteiger partial charge < -0.3 is 0 Å². The topological polar surface area (TPSA) is 175 Å². The van der Waals surface area contributed by atoms with Gasteiger partial charge in [-0.1, -0.05) is 0 Å². The molecule has 0 spiro atoms. The van der Waals surface area contributed by atoms with Crippen LogP contribution in [0, 0.1) is 0 Å². The summed E-state index contributed by atoms with van der Waals surface area (Å²) in [5.41, 5.74) is 5.69. The molecule has 0 aromatic heterocycles. The molecule has 0 aliphatic carbocycles. The normalized spacial score (nSPS) is 15.2. The van der Waals surface area contributed by atoms with Gasteiger partial charge >= 0.3 is 18.1 Å². The van der Waals surface area contributed by atoms with Crippen molar-refractivity contribution in [2.45, 2.75) is 0 Å². The highest BCUT2D eigenvalue weighted by Crippen LogP contribution is 2.07. The second-order valence-electron chi connectivity index (χ2n) is 3.39. The molecule has 0 bridgehead atoms. The number of rotatable bonds is 0. The second kappa shape index (κ2) is 5.85. The number of nitrogens with two attached hydrogens (primary N) is 3. The molecule has 1 fully saturated rings.